The van der Waals surface area contributed by atoms with Crippen molar-refractivity contribution in [1.29, 1.82) is 0 Å². The van der Waals surface area contributed by atoms with Crippen LogP contribution in [0.3, 0.4) is 0 Å². The average Bonchev–Trinajstić information content (AvgIpc) is 3.50. The van der Waals surface area contributed by atoms with Crippen molar-refractivity contribution in [3.8, 4) is 22.6 Å². The molecular weight excluding hydrogens is 378 g/mol. The zero-order chi connectivity index (χ0) is 20.3. The van der Waals surface area contributed by atoms with Crippen LogP contribution < -0.4 is 5.32 Å². The quantitative estimate of drug-likeness (QED) is 0.453. The third-order valence-corrected chi connectivity index (χ3v) is 4.88. The Morgan fingerprint density at radius 3 is 2.73 bits per heavy atom. The van der Waals surface area contributed by atoms with Crippen molar-refractivity contribution < 1.29 is 0 Å². The van der Waals surface area contributed by atoms with Crippen LogP contribution in [0.5, 0.6) is 0 Å². The molecule has 4 aromatic heterocycles. The first-order valence-electron chi connectivity index (χ1n) is 9.68. The molecule has 148 valence electrons. The second-order valence-corrected chi connectivity index (χ2v) is 6.79. The van der Waals surface area contributed by atoms with E-state index >= 15 is 0 Å². The SMILES string of the molecule is CCc1cc(NCc2ccc(-c3ccccc3-c3nnn[nH]3)nc2)n2nccc2n1. The van der Waals surface area contributed by atoms with E-state index in [1.807, 2.05) is 53.2 Å². The summed E-state index contributed by atoms with van der Waals surface area (Å²) in [7, 11) is 0. The van der Waals surface area contributed by atoms with Crippen molar-refractivity contribution in [2.45, 2.75) is 19.9 Å². The van der Waals surface area contributed by atoms with Crippen LogP contribution in [0, 0.1) is 0 Å². The van der Waals surface area contributed by atoms with Crippen LogP contribution in [0.4, 0.5) is 5.82 Å². The maximum Gasteiger partial charge on any atom is 0.180 e. The summed E-state index contributed by atoms with van der Waals surface area (Å²) < 4.78 is 1.81. The summed E-state index contributed by atoms with van der Waals surface area (Å²) in [6, 6.07) is 15.9. The highest BCUT2D eigenvalue weighted by Gasteiger charge is 2.11. The minimum absolute atomic E-state index is 0.616. The van der Waals surface area contributed by atoms with Crippen molar-refractivity contribution in [3.05, 3.63) is 72.2 Å². The summed E-state index contributed by atoms with van der Waals surface area (Å²) in [5.41, 5.74) is 5.66. The summed E-state index contributed by atoms with van der Waals surface area (Å²) in [6.07, 6.45) is 4.50. The molecule has 4 heterocycles. The number of anilines is 1. The number of benzene rings is 1. The summed E-state index contributed by atoms with van der Waals surface area (Å²) in [5, 5.41) is 22.0. The van der Waals surface area contributed by atoms with E-state index in [2.05, 4.69) is 54.0 Å². The molecule has 0 saturated carbocycles. The molecule has 0 radical (unpaired) electrons. The lowest BCUT2D eigenvalue weighted by Crippen LogP contribution is -2.07. The highest BCUT2D eigenvalue weighted by atomic mass is 15.5. The molecule has 0 fully saturated rings. The van der Waals surface area contributed by atoms with Gasteiger partial charge in [0.15, 0.2) is 11.5 Å². The highest BCUT2D eigenvalue weighted by Crippen LogP contribution is 2.28. The van der Waals surface area contributed by atoms with Gasteiger partial charge in [-0.25, -0.2) is 10.1 Å². The molecule has 9 nitrogen and oxygen atoms in total. The number of nitrogens with one attached hydrogen (secondary N) is 2. The van der Waals surface area contributed by atoms with Crippen LogP contribution in [0.1, 0.15) is 18.2 Å². The molecule has 30 heavy (non-hydrogen) atoms. The number of nitrogens with zero attached hydrogens (tertiary/aromatic N) is 7. The van der Waals surface area contributed by atoms with E-state index < -0.39 is 0 Å². The number of aromatic amines is 1. The van der Waals surface area contributed by atoms with Crippen LogP contribution in [0.15, 0.2) is 60.9 Å². The molecule has 0 spiro atoms. The van der Waals surface area contributed by atoms with Crippen molar-refractivity contribution >= 4 is 11.5 Å². The van der Waals surface area contributed by atoms with Gasteiger partial charge in [0, 0.05) is 41.7 Å². The molecular formula is C21H19N9. The van der Waals surface area contributed by atoms with E-state index in [0.717, 1.165) is 46.0 Å². The molecule has 0 aliphatic rings. The molecule has 0 unspecified atom stereocenters. The van der Waals surface area contributed by atoms with Crippen molar-refractivity contribution in [2.24, 2.45) is 0 Å². The van der Waals surface area contributed by atoms with E-state index in [1.54, 1.807) is 6.20 Å². The molecule has 2 N–H and O–H groups in total. The summed E-state index contributed by atoms with van der Waals surface area (Å²) in [4.78, 5) is 9.24. The van der Waals surface area contributed by atoms with Crippen LogP contribution in [0.25, 0.3) is 28.3 Å². The molecule has 0 aliphatic carbocycles. The maximum absolute atomic E-state index is 4.66. The van der Waals surface area contributed by atoms with E-state index in [9.17, 15) is 0 Å². The normalized spacial score (nSPS) is 11.1. The van der Waals surface area contributed by atoms with Gasteiger partial charge < -0.3 is 5.32 Å². The van der Waals surface area contributed by atoms with Crippen LogP contribution >= 0.6 is 0 Å². The zero-order valence-corrected chi connectivity index (χ0v) is 16.3. The lowest BCUT2D eigenvalue weighted by atomic mass is 10.0. The number of rotatable bonds is 6. The van der Waals surface area contributed by atoms with E-state index in [4.69, 9.17) is 0 Å². The topological polar surface area (TPSA) is 110 Å². The van der Waals surface area contributed by atoms with Gasteiger partial charge in [0.1, 0.15) is 5.82 Å². The number of hydrogen-bond acceptors (Lipinski definition) is 7. The van der Waals surface area contributed by atoms with Gasteiger partial charge in [-0.2, -0.15) is 9.61 Å². The van der Waals surface area contributed by atoms with E-state index in [-0.39, 0.29) is 0 Å². The zero-order valence-electron chi connectivity index (χ0n) is 16.3. The highest BCUT2D eigenvalue weighted by molar-refractivity contribution is 5.78. The Morgan fingerprint density at radius 1 is 1.07 bits per heavy atom. The third-order valence-electron chi connectivity index (χ3n) is 4.88. The lowest BCUT2D eigenvalue weighted by Gasteiger charge is -2.11. The molecule has 5 rings (SSSR count). The summed E-state index contributed by atoms with van der Waals surface area (Å²) in [5.74, 6) is 1.53. The predicted molar refractivity (Wildman–Crippen MR) is 113 cm³/mol. The fourth-order valence-electron chi connectivity index (χ4n) is 3.34. The fraction of sp³-hybridized carbons (Fsp3) is 0.143. The summed E-state index contributed by atoms with van der Waals surface area (Å²) >= 11 is 0. The predicted octanol–water partition coefficient (Wildman–Crippen LogP) is 3.15. The van der Waals surface area contributed by atoms with Gasteiger partial charge in [-0.05, 0) is 28.5 Å². The monoisotopic (exact) mass is 397 g/mol. The van der Waals surface area contributed by atoms with Crippen LogP contribution in [0.2, 0.25) is 0 Å². The van der Waals surface area contributed by atoms with E-state index in [1.165, 1.54) is 0 Å². The molecule has 5 aromatic rings. The Bertz CT molecular complexity index is 1270. The van der Waals surface area contributed by atoms with Crippen molar-refractivity contribution in [2.75, 3.05) is 5.32 Å². The molecule has 1 aromatic carbocycles. The number of aryl methyl sites for hydroxylation is 1. The Morgan fingerprint density at radius 2 is 1.97 bits per heavy atom. The number of tetrazole rings is 1. The second kappa shape index (κ2) is 7.70. The standard InChI is InChI=1S/C21H19N9/c1-2-15-11-20(30-19(25-15)9-10-24-30)23-13-14-7-8-18(22-12-14)16-5-3-4-6-17(16)21-26-28-29-27-21/h3-12,23H,2,13H2,1H3,(H,26,27,28,29). The Kier molecular flexibility index (Phi) is 4.60. The average molecular weight is 397 g/mol. The van der Waals surface area contributed by atoms with Gasteiger partial charge >= 0.3 is 0 Å². The van der Waals surface area contributed by atoms with Crippen molar-refractivity contribution in [3.63, 3.8) is 0 Å². The van der Waals surface area contributed by atoms with Gasteiger partial charge in [0.05, 0.1) is 11.9 Å². The van der Waals surface area contributed by atoms with E-state index in [0.29, 0.717) is 12.4 Å². The van der Waals surface area contributed by atoms with Crippen LogP contribution in [-0.2, 0) is 13.0 Å². The lowest BCUT2D eigenvalue weighted by molar-refractivity contribution is 0.881. The maximum atomic E-state index is 4.66. The first-order chi connectivity index (χ1) is 14.8. The largest absolute Gasteiger partial charge is 0.366 e. The number of hydrogen-bond donors (Lipinski definition) is 2. The Balaban J connectivity index is 1.38. The number of pyridine rings is 1. The second-order valence-electron chi connectivity index (χ2n) is 6.79. The van der Waals surface area contributed by atoms with Gasteiger partial charge in [0.2, 0.25) is 0 Å². The van der Waals surface area contributed by atoms with Gasteiger partial charge in [-0.3, -0.25) is 4.98 Å². The fourth-order valence-corrected chi connectivity index (χ4v) is 3.34. The minimum atomic E-state index is 0.616. The van der Waals surface area contributed by atoms with Gasteiger partial charge in [0.25, 0.3) is 0 Å². The molecule has 0 saturated heterocycles. The molecule has 0 amide bonds. The Labute approximate surface area is 172 Å². The molecule has 0 bridgehead atoms. The van der Waals surface area contributed by atoms with Gasteiger partial charge in [-0.1, -0.05) is 37.3 Å². The Hall–Kier alpha value is -4.14. The number of H-pyrrole nitrogens is 1. The third kappa shape index (κ3) is 3.37. The molecule has 0 atom stereocenters. The molecule has 0 aliphatic heterocycles. The summed E-state index contributed by atoms with van der Waals surface area (Å²) in [6.45, 7) is 2.72. The number of fused-ring (bicyclic) bond motifs is 1. The number of aromatic nitrogens is 8. The van der Waals surface area contributed by atoms with Crippen LogP contribution in [-0.4, -0.2) is 40.2 Å². The van der Waals surface area contributed by atoms with Gasteiger partial charge in [-0.15, -0.1) is 5.10 Å². The smallest absolute Gasteiger partial charge is 0.180 e. The van der Waals surface area contributed by atoms with Crippen molar-refractivity contribution in [1.82, 2.24) is 40.2 Å². The molecule has 9 heteroatoms. The minimum Gasteiger partial charge on any atom is -0.366 e. The first kappa shape index (κ1) is 17.9. The first-order valence-corrected chi connectivity index (χ1v) is 9.68.